The van der Waals surface area contributed by atoms with Gasteiger partial charge in [-0.05, 0) is 35.6 Å². The molecule has 3 amide bonds. The van der Waals surface area contributed by atoms with Crippen molar-refractivity contribution in [2.45, 2.75) is 39.0 Å². The van der Waals surface area contributed by atoms with Crippen LogP contribution in [0.1, 0.15) is 49.4 Å². The van der Waals surface area contributed by atoms with E-state index in [1.165, 1.54) is 13.3 Å². The highest BCUT2D eigenvalue weighted by molar-refractivity contribution is 6.48. The number of primary amides is 1. The molecule has 3 rings (SSSR count). The first kappa shape index (κ1) is 25.3. The molecule has 10 heteroatoms. The van der Waals surface area contributed by atoms with Gasteiger partial charge in [-0.3, -0.25) is 14.6 Å². The maximum Gasteiger partial charge on any atom is 0.332 e. The van der Waals surface area contributed by atoms with Crippen molar-refractivity contribution in [3.8, 4) is 0 Å². The Balaban J connectivity index is 2.13. The molecule has 0 aliphatic rings. The smallest absolute Gasteiger partial charge is 0.332 e. The van der Waals surface area contributed by atoms with Crippen LogP contribution in [-0.4, -0.2) is 40.7 Å². The second-order valence-electron chi connectivity index (χ2n) is 8.06. The maximum absolute atomic E-state index is 13.6. The minimum Gasteiger partial charge on any atom is -0.468 e. The van der Waals surface area contributed by atoms with Crippen LogP contribution in [0.3, 0.4) is 0 Å². The van der Waals surface area contributed by atoms with Crippen LogP contribution < -0.4 is 16.5 Å². The number of nitrogens with two attached hydrogens (primary N) is 1. The molecule has 0 unspecified atom stereocenters. The normalized spacial score (nSPS) is 12.3. The topological polar surface area (TPSA) is 149 Å². The van der Waals surface area contributed by atoms with Crippen molar-refractivity contribution in [2.75, 3.05) is 12.4 Å². The van der Waals surface area contributed by atoms with Gasteiger partial charge in [-0.25, -0.2) is 15.2 Å². The van der Waals surface area contributed by atoms with Gasteiger partial charge in [0, 0.05) is 5.69 Å². The van der Waals surface area contributed by atoms with Crippen molar-refractivity contribution in [1.82, 2.24) is 15.4 Å². The molecule has 0 saturated heterocycles. The van der Waals surface area contributed by atoms with Gasteiger partial charge in [0.05, 0.1) is 30.0 Å². The number of para-hydroxylation sites is 3. The second-order valence-corrected chi connectivity index (χ2v) is 8.06. The number of aromatic nitrogens is 2. The minimum atomic E-state index is -1.37. The number of anilines is 1. The summed E-state index contributed by atoms with van der Waals surface area (Å²) in [6.45, 7) is 5.99. The number of urea groups is 1. The molecule has 1 atom stereocenters. The summed E-state index contributed by atoms with van der Waals surface area (Å²) in [7, 11) is 1.18. The molecule has 0 aliphatic carbocycles. The predicted molar refractivity (Wildman–Crippen MR) is 133 cm³/mol. The monoisotopic (exact) mass is 476 g/mol. The van der Waals surface area contributed by atoms with E-state index >= 15 is 0 Å². The van der Waals surface area contributed by atoms with Gasteiger partial charge >= 0.3 is 12.0 Å². The zero-order valence-corrected chi connectivity index (χ0v) is 20.0. The average molecular weight is 477 g/mol. The summed E-state index contributed by atoms with van der Waals surface area (Å²) in [4.78, 5) is 46.7. The van der Waals surface area contributed by atoms with Crippen LogP contribution in [0.25, 0.3) is 11.0 Å². The Hall–Kier alpha value is -4.34. The van der Waals surface area contributed by atoms with E-state index in [0.29, 0.717) is 23.1 Å². The third-order valence-electron chi connectivity index (χ3n) is 5.42. The number of ether oxygens (including phenoxy) is 1. The van der Waals surface area contributed by atoms with E-state index in [9.17, 15) is 14.4 Å². The fourth-order valence-corrected chi connectivity index (χ4v) is 3.69. The molecular formula is C25H28N6O4. The number of benzene rings is 2. The van der Waals surface area contributed by atoms with Gasteiger partial charge < -0.3 is 15.8 Å². The number of hydrazone groups is 1. The van der Waals surface area contributed by atoms with E-state index in [0.717, 1.165) is 11.1 Å². The molecule has 3 aromatic rings. The predicted octanol–water partition coefficient (Wildman–Crippen LogP) is 3.24. The van der Waals surface area contributed by atoms with E-state index in [1.54, 1.807) is 18.2 Å². The number of fused-ring (bicyclic) bond motifs is 1. The number of nitrogens with zero attached hydrogens (tertiary/aromatic N) is 3. The van der Waals surface area contributed by atoms with Crippen molar-refractivity contribution in [2.24, 2.45) is 10.8 Å². The van der Waals surface area contributed by atoms with Crippen molar-refractivity contribution in [3.05, 3.63) is 65.5 Å². The number of esters is 1. The number of carbonyl (C=O) groups is 3. The van der Waals surface area contributed by atoms with Gasteiger partial charge in [-0.2, -0.15) is 5.10 Å². The van der Waals surface area contributed by atoms with Crippen LogP contribution in [0.4, 0.5) is 10.5 Å². The van der Waals surface area contributed by atoms with Crippen molar-refractivity contribution in [3.63, 3.8) is 0 Å². The van der Waals surface area contributed by atoms with Gasteiger partial charge in [0.25, 0.3) is 5.91 Å². The number of rotatable bonds is 8. The summed E-state index contributed by atoms with van der Waals surface area (Å²) in [6.07, 6.45) is 2.04. The Morgan fingerprint density at radius 1 is 1.09 bits per heavy atom. The van der Waals surface area contributed by atoms with Crippen molar-refractivity contribution < 1.29 is 19.1 Å². The molecule has 4 N–H and O–H groups in total. The molecule has 0 bridgehead atoms. The number of amides is 3. The first-order chi connectivity index (χ1) is 16.8. The number of hydrogen-bond acceptors (Lipinski definition) is 7. The SMILES string of the molecule is CCc1cccc(C(C)C)c1NC(=O)/C(=N/NC(N)=O)[C@@H](C(=O)OC)c1cnc2ccccc2n1. The number of nitrogens with one attached hydrogen (secondary N) is 2. The molecule has 0 fully saturated rings. The Labute approximate surface area is 203 Å². The fraction of sp³-hybridized carbons (Fsp3) is 0.280. The number of methoxy groups -OCH3 is 1. The molecule has 1 aromatic heterocycles. The van der Waals surface area contributed by atoms with Crippen LogP contribution in [0.2, 0.25) is 0 Å². The Bertz CT molecular complexity index is 1290. The molecule has 0 radical (unpaired) electrons. The lowest BCUT2D eigenvalue weighted by atomic mass is 9.95. The largest absolute Gasteiger partial charge is 0.468 e. The van der Waals surface area contributed by atoms with Crippen LogP contribution >= 0.6 is 0 Å². The third kappa shape index (κ3) is 5.78. The first-order valence-corrected chi connectivity index (χ1v) is 11.1. The molecule has 0 saturated carbocycles. The highest BCUT2D eigenvalue weighted by Crippen LogP contribution is 2.29. The van der Waals surface area contributed by atoms with Gasteiger partial charge in [-0.1, -0.05) is 51.1 Å². The molecule has 182 valence electrons. The van der Waals surface area contributed by atoms with Crippen LogP contribution in [0, 0.1) is 0 Å². The summed E-state index contributed by atoms with van der Waals surface area (Å²) in [5, 5.41) is 6.77. The lowest BCUT2D eigenvalue weighted by Crippen LogP contribution is -2.37. The molecule has 10 nitrogen and oxygen atoms in total. The molecule has 0 spiro atoms. The first-order valence-electron chi connectivity index (χ1n) is 11.1. The highest BCUT2D eigenvalue weighted by Gasteiger charge is 2.35. The summed E-state index contributed by atoms with van der Waals surface area (Å²) in [5.41, 5.74) is 10.6. The lowest BCUT2D eigenvalue weighted by Gasteiger charge is -2.20. The third-order valence-corrected chi connectivity index (χ3v) is 5.42. The molecule has 35 heavy (non-hydrogen) atoms. The number of aryl methyl sites for hydroxylation is 1. The van der Waals surface area contributed by atoms with Crippen LogP contribution in [-0.2, 0) is 20.7 Å². The van der Waals surface area contributed by atoms with Gasteiger partial charge in [0.2, 0.25) is 0 Å². The Morgan fingerprint density at radius 3 is 2.43 bits per heavy atom. The lowest BCUT2D eigenvalue weighted by molar-refractivity contribution is -0.141. The Morgan fingerprint density at radius 2 is 1.80 bits per heavy atom. The maximum atomic E-state index is 13.6. The zero-order valence-electron chi connectivity index (χ0n) is 20.0. The highest BCUT2D eigenvalue weighted by atomic mass is 16.5. The summed E-state index contributed by atoms with van der Waals surface area (Å²) >= 11 is 0. The second kappa shape index (κ2) is 11.2. The fourth-order valence-electron chi connectivity index (χ4n) is 3.69. The number of hydrogen-bond donors (Lipinski definition) is 3. The van der Waals surface area contributed by atoms with E-state index in [1.807, 2.05) is 45.0 Å². The molecular weight excluding hydrogens is 448 g/mol. The van der Waals surface area contributed by atoms with Crippen molar-refractivity contribution in [1.29, 1.82) is 0 Å². The minimum absolute atomic E-state index is 0.115. The van der Waals surface area contributed by atoms with Crippen molar-refractivity contribution >= 4 is 40.3 Å². The summed E-state index contributed by atoms with van der Waals surface area (Å²) < 4.78 is 4.96. The van der Waals surface area contributed by atoms with Crippen LogP contribution in [0.15, 0.2) is 53.8 Å². The average Bonchev–Trinajstić information content (AvgIpc) is 2.85. The molecule has 2 aromatic carbocycles. The van der Waals surface area contributed by atoms with Gasteiger partial charge in [0.1, 0.15) is 11.6 Å². The summed E-state index contributed by atoms with van der Waals surface area (Å²) in [5.74, 6) is -2.78. The van der Waals surface area contributed by atoms with Gasteiger partial charge in [-0.15, -0.1) is 0 Å². The Kier molecular flexibility index (Phi) is 8.08. The number of carbonyl (C=O) groups excluding carboxylic acids is 3. The van der Waals surface area contributed by atoms with Gasteiger partial charge in [0.15, 0.2) is 0 Å². The van der Waals surface area contributed by atoms with E-state index < -0.39 is 23.8 Å². The van der Waals surface area contributed by atoms with Crippen LogP contribution in [0.5, 0.6) is 0 Å². The van der Waals surface area contributed by atoms with E-state index in [-0.39, 0.29) is 17.3 Å². The van der Waals surface area contributed by atoms with E-state index in [4.69, 9.17) is 10.5 Å². The standard InChI is InChI=1S/C25H28N6O4/c1-5-15-9-8-10-16(14(2)3)21(15)29-23(32)22(30-31-25(26)34)20(24(33)35-4)19-13-27-17-11-6-7-12-18(17)28-19/h6-14,20H,5H2,1-4H3,(H,29,32)(H3,26,31,34)/b30-22+/t20-/m0/s1. The molecule has 0 aliphatic heterocycles. The quantitative estimate of drug-likeness (QED) is 0.258. The summed E-state index contributed by atoms with van der Waals surface area (Å²) in [6, 6.07) is 11.8. The molecule has 1 heterocycles. The van der Waals surface area contributed by atoms with E-state index in [2.05, 4.69) is 25.8 Å². The zero-order chi connectivity index (χ0) is 25.5.